The number of benzene rings is 3. The summed E-state index contributed by atoms with van der Waals surface area (Å²) < 4.78 is 11.2. The number of amides is 1. The van der Waals surface area contributed by atoms with E-state index >= 15 is 0 Å². The van der Waals surface area contributed by atoms with Crippen LogP contribution in [0.15, 0.2) is 60.7 Å². The van der Waals surface area contributed by atoms with E-state index in [-0.39, 0.29) is 11.9 Å². The fourth-order valence-electron chi connectivity index (χ4n) is 3.02. The highest BCUT2D eigenvalue weighted by Gasteiger charge is 2.15. The minimum atomic E-state index is -0.144. The topological polar surface area (TPSA) is 47.6 Å². The summed E-state index contributed by atoms with van der Waals surface area (Å²) >= 11 is 0. The molecule has 0 spiro atoms. The molecule has 0 fully saturated rings. The first-order valence-corrected chi connectivity index (χ1v) is 9.58. The molecular formula is C24H27NO3. The molecule has 0 saturated carbocycles. The van der Waals surface area contributed by atoms with Crippen molar-refractivity contribution in [3.8, 4) is 11.5 Å². The van der Waals surface area contributed by atoms with Gasteiger partial charge in [0.05, 0.1) is 19.8 Å². The van der Waals surface area contributed by atoms with E-state index in [1.54, 1.807) is 25.3 Å². The molecule has 146 valence electrons. The fourth-order valence-corrected chi connectivity index (χ4v) is 3.02. The summed E-state index contributed by atoms with van der Waals surface area (Å²) in [5.41, 5.74) is 1.61. The van der Waals surface area contributed by atoms with Crippen molar-refractivity contribution in [2.24, 2.45) is 5.92 Å². The van der Waals surface area contributed by atoms with Gasteiger partial charge in [0, 0.05) is 5.56 Å². The van der Waals surface area contributed by atoms with Crippen molar-refractivity contribution < 1.29 is 14.3 Å². The van der Waals surface area contributed by atoms with E-state index < -0.39 is 0 Å². The summed E-state index contributed by atoms with van der Waals surface area (Å²) in [5.74, 6) is 1.48. The van der Waals surface area contributed by atoms with Crippen molar-refractivity contribution in [3.63, 3.8) is 0 Å². The minimum absolute atomic E-state index is 0.111. The largest absolute Gasteiger partial charge is 0.493 e. The third-order valence-electron chi connectivity index (χ3n) is 4.62. The molecule has 0 aromatic heterocycles. The molecule has 0 saturated heterocycles. The number of carbonyl (C=O) groups excluding carboxylic acids is 1. The third-order valence-corrected chi connectivity index (χ3v) is 4.62. The molecule has 0 aliphatic carbocycles. The fraction of sp³-hybridized carbons (Fsp3) is 0.292. The van der Waals surface area contributed by atoms with Gasteiger partial charge >= 0.3 is 0 Å². The van der Waals surface area contributed by atoms with E-state index in [0.717, 1.165) is 10.9 Å². The maximum Gasteiger partial charge on any atom is 0.251 e. The summed E-state index contributed by atoms with van der Waals surface area (Å²) in [6.07, 6.45) is 0. The Labute approximate surface area is 166 Å². The van der Waals surface area contributed by atoms with E-state index in [4.69, 9.17) is 9.47 Å². The van der Waals surface area contributed by atoms with Gasteiger partial charge in [0.25, 0.3) is 5.91 Å². The molecule has 1 N–H and O–H groups in total. The first kappa shape index (κ1) is 19.7. The smallest absolute Gasteiger partial charge is 0.251 e. The standard InChI is InChI=1S/C24H27NO3/c1-16(2)15-28-22-12-11-21(14-23(22)27-4)24(26)25-17(3)19-10-9-18-7-5-6-8-20(18)13-19/h5-14,16-17H,15H2,1-4H3,(H,25,26). The highest BCUT2D eigenvalue weighted by Crippen LogP contribution is 2.29. The molecule has 1 amide bonds. The van der Waals surface area contributed by atoms with Gasteiger partial charge in [0.1, 0.15) is 0 Å². The van der Waals surface area contributed by atoms with Crippen LogP contribution in [0.2, 0.25) is 0 Å². The quantitative estimate of drug-likeness (QED) is 0.602. The molecule has 4 nitrogen and oxygen atoms in total. The molecule has 28 heavy (non-hydrogen) atoms. The zero-order chi connectivity index (χ0) is 20.1. The molecule has 0 aliphatic rings. The van der Waals surface area contributed by atoms with Gasteiger partial charge in [-0.15, -0.1) is 0 Å². The van der Waals surface area contributed by atoms with Gasteiger partial charge in [-0.25, -0.2) is 0 Å². The zero-order valence-corrected chi connectivity index (χ0v) is 16.9. The van der Waals surface area contributed by atoms with E-state index in [1.165, 1.54) is 5.39 Å². The van der Waals surface area contributed by atoms with Gasteiger partial charge in [-0.2, -0.15) is 0 Å². The molecule has 0 radical (unpaired) electrons. The van der Waals surface area contributed by atoms with Crippen LogP contribution >= 0.6 is 0 Å². The molecule has 0 heterocycles. The lowest BCUT2D eigenvalue weighted by molar-refractivity contribution is 0.0939. The van der Waals surface area contributed by atoms with Crippen molar-refractivity contribution in [2.45, 2.75) is 26.8 Å². The lowest BCUT2D eigenvalue weighted by Crippen LogP contribution is -2.26. The molecule has 1 unspecified atom stereocenters. The van der Waals surface area contributed by atoms with Gasteiger partial charge in [-0.05, 0) is 53.4 Å². The monoisotopic (exact) mass is 377 g/mol. The van der Waals surface area contributed by atoms with Gasteiger partial charge < -0.3 is 14.8 Å². The zero-order valence-electron chi connectivity index (χ0n) is 16.9. The molecular weight excluding hydrogens is 350 g/mol. The summed E-state index contributed by atoms with van der Waals surface area (Å²) in [5, 5.41) is 5.41. The second kappa shape index (κ2) is 8.79. The van der Waals surface area contributed by atoms with Crippen LogP contribution in [0.4, 0.5) is 0 Å². The second-order valence-electron chi connectivity index (χ2n) is 7.37. The Kier molecular flexibility index (Phi) is 6.19. The molecule has 3 rings (SSSR count). The van der Waals surface area contributed by atoms with Crippen molar-refractivity contribution in [2.75, 3.05) is 13.7 Å². The predicted molar refractivity (Wildman–Crippen MR) is 113 cm³/mol. The number of hydrogen-bond donors (Lipinski definition) is 1. The summed E-state index contributed by atoms with van der Waals surface area (Å²) in [7, 11) is 1.58. The van der Waals surface area contributed by atoms with Gasteiger partial charge in [0.15, 0.2) is 11.5 Å². The lowest BCUT2D eigenvalue weighted by atomic mass is 10.0. The Hall–Kier alpha value is -3.01. The highest BCUT2D eigenvalue weighted by atomic mass is 16.5. The average molecular weight is 377 g/mol. The maximum atomic E-state index is 12.7. The Balaban J connectivity index is 1.73. The van der Waals surface area contributed by atoms with E-state index in [0.29, 0.717) is 29.6 Å². The van der Waals surface area contributed by atoms with Crippen LogP contribution in [0.1, 0.15) is 42.7 Å². The van der Waals surface area contributed by atoms with Crippen molar-refractivity contribution in [3.05, 3.63) is 71.8 Å². The predicted octanol–water partition coefficient (Wildman–Crippen LogP) is 5.37. The molecule has 1 atom stereocenters. The van der Waals surface area contributed by atoms with Gasteiger partial charge in [0.2, 0.25) is 0 Å². The SMILES string of the molecule is COc1cc(C(=O)NC(C)c2ccc3ccccc3c2)ccc1OCC(C)C. The number of hydrogen-bond acceptors (Lipinski definition) is 3. The summed E-state index contributed by atoms with van der Waals surface area (Å²) in [6.45, 7) is 6.76. The Morgan fingerprint density at radius 1 is 0.929 bits per heavy atom. The summed E-state index contributed by atoms with van der Waals surface area (Å²) in [4.78, 5) is 12.7. The minimum Gasteiger partial charge on any atom is -0.493 e. The van der Waals surface area contributed by atoms with Crippen LogP contribution < -0.4 is 14.8 Å². The normalized spacial score (nSPS) is 12.0. The lowest BCUT2D eigenvalue weighted by Gasteiger charge is -2.17. The maximum absolute atomic E-state index is 12.7. The van der Waals surface area contributed by atoms with Crippen molar-refractivity contribution >= 4 is 16.7 Å². The van der Waals surface area contributed by atoms with E-state index in [9.17, 15) is 4.79 Å². The highest BCUT2D eigenvalue weighted by molar-refractivity contribution is 5.95. The number of rotatable bonds is 7. The first-order chi connectivity index (χ1) is 13.5. The molecule has 0 bridgehead atoms. The second-order valence-corrected chi connectivity index (χ2v) is 7.37. The van der Waals surface area contributed by atoms with E-state index in [1.807, 2.05) is 19.1 Å². The third kappa shape index (κ3) is 4.63. The number of nitrogens with one attached hydrogen (secondary N) is 1. The Morgan fingerprint density at radius 3 is 2.39 bits per heavy atom. The molecule has 3 aromatic rings. The van der Waals surface area contributed by atoms with Crippen LogP contribution in [0.3, 0.4) is 0 Å². The van der Waals surface area contributed by atoms with Crippen LogP contribution in [-0.2, 0) is 0 Å². The van der Waals surface area contributed by atoms with Gasteiger partial charge in [-0.3, -0.25) is 4.79 Å². The van der Waals surface area contributed by atoms with Crippen molar-refractivity contribution in [1.29, 1.82) is 0 Å². The van der Waals surface area contributed by atoms with Gasteiger partial charge in [-0.1, -0.05) is 50.2 Å². The Bertz CT molecular complexity index is 965. The molecule has 0 aliphatic heterocycles. The molecule has 3 aromatic carbocycles. The van der Waals surface area contributed by atoms with E-state index in [2.05, 4.69) is 49.5 Å². The van der Waals surface area contributed by atoms with Crippen LogP contribution in [0.5, 0.6) is 11.5 Å². The van der Waals surface area contributed by atoms with Crippen LogP contribution in [0, 0.1) is 5.92 Å². The number of fused-ring (bicyclic) bond motifs is 1. The molecule has 4 heteroatoms. The van der Waals surface area contributed by atoms with Crippen molar-refractivity contribution in [1.82, 2.24) is 5.32 Å². The number of methoxy groups -OCH3 is 1. The first-order valence-electron chi connectivity index (χ1n) is 9.58. The summed E-state index contributed by atoms with van der Waals surface area (Å²) in [6, 6.07) is 19.6. The van der Waals surface area contributed by atoms with Crippen LogP contribution in [-0.4, -0.2) is 19.6 Å². The average Bonchev–Trinajstić information content (AvgIpc) is 2.71. The Morgan fingerprint density at radius 2 is 1.68 bits per heavy atom. The number of ether oxygens (including phenoxy) is 2. The number of carbonyl (C=O) groups is 1. The van der Waals surface area contributed by atoms with Crippen LogP contribution in [0.25, 0.3) is 10.8 Å².